The van der Waals surface area contributed by atoms with E-state index in [-0.39, 0.29) is 35.8 Å². The molecule has 17 nitrogen and oxygen atoms in total. The van der Waals surface area contributed by atoms with Crippen LogP contribution in [0.25, 0.3) is 0 Å². The number of hydrogen-bond acceptors (Lipinski definition) is 13. The summed E-state index contributed by atoms with van der Waals surface area (Å²) in [6.07, 6.45) is 10.5. The fourth-order valence-corrected chi connectivity index (χ4v) is 9.08. The molecular weight excluding hydrogens is 892 g/mol. The number of amides is 5. The largest absolute Gasteiger partial charge is 0.385 e. The molecule has 7 rings (SSSR count). The molecule has 0 radical (unpaired) electrons. The third kappa shape index (κ3) is 12.1. The second kappa shape index (κ2) is 21.5. The second-order valence-electron chi connectivity index (χ2n) is 18.5. The Hall–Kier alpha value is -6.63. The Morgan fingerprint density at radius 2 is 1.46 bits per heavy atom. The predicted octanol–water partition coefficient (Wildman–Crippen LogP) is 7.62. The normalized spacial score (nSPS) is 16.4. The van der Waals surface area contributed by atoms with Crippen LogP contribution in [0.5, 0.6) is 0 Å². The topological polar surface area (TPSA) is 215 Å². The number of sulfonamides is 1. The molecular formula is C49H61FN10O7S. The fraction of sp³-hybridized carbons (Fsp3) is 0.449. The third-order valence-corrected chi connectivity index (χ3v) is 14.5. The van der Waals surface area contributed by atoms with Gasteiger partial charge in [-0.25, -0.2) is 17.8 Å². The summed E-state index contributed by atoms with van der Waals surface area (Å²) in [5.74, 6) is -1.59. The van der Waals surface area contributed by atoms with Gasteiger partial charge < -0.3 is 25.8 Å². The summed E-state index contributed by atoms with van der Waals surface area (Å²) in [6, 6.07) is 15.8. The highest BCUT2D eigenvalue weighted by atomic mass is 32.2. The summed E-state index contributed by atoms with van der Waals surface area (Å²) in [6.45, 7) is 9.55. The molecule has 4 heterocycles. The molecule has 0 aliphatic carbocycles. The first-order valence-corrected chi connectivity index (χ1v) is 24.9. The fourth-order valence-electron chi connectivity index (χ4n) is 8.33. The average Bonchev–Trinajstić information content (AvgIpc) is 3.53. The number of benzene rings is 3. The summed E-state index contributed by atoms with van der Waals surface area (Å²) in [4.78, 5) is 76.6. The Morgan fingerprint density at radius 1 is 0.794 bits per heavy atom. The van der Waals surface area contributed by atoms with E-state index in [4.69, 9.17) is 0 Å². The van der Waals surface area contributed by atoms with Gasteiger partial charge in [0.1, 0.15) is 17.7 Å². The monoisotopic (exact) mass is 952 g/mol. The Labute approximate surface area is 397 Å². The number of piperazine rings is 1. The van der Waals surface area contributed by atoms with Crippen LogP contribution in [0.3, 0.4) is 0 Å². The molecule has 1 aromatic heterocycles. The van der Waals surface area contributed by atoms with Gasteiger partial charge in [0.25, 0.3) is 11.8 Å². The molecule has 3 aliphatic heterocycles. The van der Waals surface area contributed by atoms with Gasteiger partial charge in [0.15, 0.2) is 0 Å². The number of aromatic nitrogens is 2. The first-order valence-electron chi connectivity index (χ1n) is 23.4. The van der Waals surface area contributed by atoms with Gasteiger partial charge in [0, 0.05) is 74.4 Å². The molecule has 362 valence electrons. The zero-order valence-corrected chi connectivity index (χ0v) is 39.9. The predicted molar refractivity (Wildman–Crippen MR) is 260 cm³/mol. The quantitative estimate of drug-likeness (QED) is 0.0426. The molecule has 0 bridgehead atoms. The second-order valence-corrected chi connectivity index (χ2v) is 21.0. The van der Waals surface area contributed by atoms with Gasteiger partial charge in [0.2, 0.25) is 33.7 Å². The number of imide groups is 2. The van der Waals surface area contributed by atoms with Crippen molar-refractivity contribution in [1.29, 1.82) is 0 Å². The van der Waals surface area contributed by atoms with Gasteiger partial charge >= 0.3 is 0 Å². The molecule has 4 aromatic rings. The number of carbonyl (C=O) groups is 5. The van der Waals surface area contributed by atoms with Crippen molar-refractivity contribution in [3.05, 3.63) is 89.4 Å². The van der Waals surface area contributed by atoms with E-state index in [0.717, 1.165) is 67.5 Å². The minimum Gasteiger partial charge on any atom is -0.385 e. The maximum Gasteiger partial charge on any atom is 0.262 e. The van der Waals surface area contributed by atoms with Gasteiger partial charge in [-0.05, 0) is 102 Å². The number of halogens is 1. The lowest BCUT2D eigenvalue weighted by Crippen LogP contribution is -2.54. The number of anilines is 7. The molecule has 19 heteroatoms. The summed E-state index contributed by atoms with van der Waals surface area (Å²) in [7, 11) is -3.61. The van der Waals surface area contributed by atoms with Crippen LogP contribution in [0.4, 0.5) is 44.6 Å². The van der Waals surface area contributed by atoms with Crippen molar-refractivity contribution >= 4 is 79.8 Å². The maximum atomic E-state index is 15.5. The zero-order valence-electron chi connectivity index (χ0n) is 39.1. The Balaban J connectivity index is 0.755. The van der Waals surface area contributed by atoms with Gasteiger partial charge in [-0.2, -0.15) is 4.98 Å². The minimum absolute atomic E-state index is 0.0782. The van der Waals surface area contributed by atoms with Crippen molar-refractivity contribution in [1.82, 2.24) is 25.1 Å². The zero-order chi connectivity index (χ0) is 48.6. The van der Waals surface area contributed by atoms with Gasteiger partial charge in [-0.1, -0.05) is 44.6 Å². The van der Waals surface area contributed by atoms with E-state index in [2.05, 4.69) is 36.0 Å². The highest BCUT2D eigenvalue weighted by Crippen LogP contribution is 2.31. The van der Waals surface area contributed by atoms with Crippen molar-refractivity contribution in [3.63, 3.8) is 0 Å². The molecule has 3 aromatic carbocycles. The standard InChI is InChI=1S/C49H61FN10O7S/c1-32-31-52-48(56-44(32)53-34-14-13-15-36(28-34)57-68(66,67)49(2,3)4)54-35-18-20-40(39(50)30-35)58-24-26-59(27-25-58)43(62)16-11-9-7-5-6-8-10-12-23-51-33-17-19-37-38(29-33)47(65)60(46(37)64)41-21-22-42(61)55-45(41)63/h13-15,17-20,28-31,41,51,57H,5-12,16,21-27H2,1-4H3,(H,55,61,63)(H2,52,53,54,56). The molecule has 1 unspecified atom stereocenters. The number of piperidine rings is 1. The number of hydrogen-bond donors (Lipinski definition) is 5. The van der Waals surface area contributed by atoms with E-state index in [1.807, 2.05) is 16.7 Å². The number of carbonyl (C=O) groups excluding carboxylic acids is 5. The molecule has 1 atom stereocenters. The first kappa shape index (κ1) is 49.3. The van der Waals surface area contributed by atoms with E-state index in [1.54, 1.807) is 81.6 Å². The molecule has 2 fully saturated rings. The smallest absolute Gasteiger partial charge is 0.262 e. The SMILES string of the molecule is Cc1cnc(Nc2ccc(N3CCN(C(=O)CCCCCCCCCCNc4ccc5c(c4)C(=O)N(C4CCC(=O)NC4=O)C5=O)CC3)c(F)c2)nc1Nc1cccc(NS(=O)(=O)C(C)(C)C)c1. The van der Waals surface area contributed by atoms with Crippen LogP contribution >= 0.6 is 0 Å². The summed E-state index contributed by atoms with van der Waals surface area (Å²) in [5.41, 5.74) is 3.97. The van der Waals surface area contributed by atoms with E-state index < -0.39 is 50.3 Å². The highest BCUT2D eigenvalue weighted by Gasteiger charge is 2.44. The van der Waals surface area contributed by atoms with Crippen LogP contribution < -0.4 is 30.9 Å². The number of aryl methyl sites for hydroxylation is 1. The molecule has 5 amide bonds. The van der Waals surface area contributed by atoms with Crippen molar-refractivity contribution in [2.24, 2.45) is 0 Å². The summed E-state index contributed by atoms with van der Waals surface area (Å²) < 4.78 is 42.5. The minimum atomic E-state index is -3.61. The molecule has 3 aliphatic rings. The van der Waals surface area contributed by atoms with Crippen molar-refractivity contribution in [3.8, 4) is 0 Å². The molecule has 0 spiro atoms. The summed E-state index contributed by atoms with van der Waals surface area (Å²) in [5, 5.41) is 11.8. The number of rotatable bonds is 20. The first-order chi connectivity index (χ1) is 32.5. The van der Waals surface area contributed by atoms with Gasteiger partial charge in [0.05, 0.1) is 27.2 Å². The van der Waals surface area contributed by atoms with E-state index in [9.17, 15) is 32.4 Å². The van der Waals surface area contributed by atoms with Crippen LogP contribution in [-0.2, 0) is 24.4 Å². The van der Waals surface area contributed by atoms with Gasteiger partial charge in [-0.3, -0.25) is 38.9 Å². The van der Waals surface area contributed by atoms with Crippen LogP contribution in [0.1, 0.15) is 118 Å². The van der Waals surface area contributed by atoms with Gasteiger partial charge in [-0.15, -0.1) is 0 Å². The van der Waals surface area contributed by atoms with Crippen molar-refractivity contribution in [2.45, 2.75) is 109 Å². The number of unbranched alkanes of at least 4 members (excludes halogenated alkanes) is 7. The summed E-state index contributed by atoms with van der Waals surface area (Å²) >= 11 is 0. The highest BCUT2D eigenvalue weighted by molar-refractivity contribution is 7.94. The number of fused-ring (bicyclic) bond motifs is 1. The van der Waals surface area contributed by atoms with Crippen molar-refractivity contribution in [2.75, 3.05) is 58.3 Å². The molecule has 2 saturated heterocycles. The van der Waals surface area contributed by atoms with E-state index >= 15 is 4.39 Å². The number of nitrogens with zero attached hydrogens (tertiary/aromatic N) is 5. The Kier molecular flexibility index (Phi) is 15.6. The van der Waals surface area contributed by atoms with E-state index in [1.165, 1.54) is 6.07 Å². The molecule has 5 N–H and O–H groups in total. The van der Waals surface area contributed by atoms with Crippen LogP contribution in [0, 0.1) is 12.7 Å². The lowest BCUT2D eigenvalue weighted by Gasteiger charge is -2.36. The van der Waals surface area contributed by atoms with Crippen LogP contribution in [0.15, 0.2) is 66.9 Å². The molecule has 68 heavy (non-hydrogen) atoms. The lowest BCUT2D eigenvalue weighted by molar-refractivity contribution is -0.136. The van der Waals surface area contributed by atoms with E-state index in [0.29, 0.717) is 67.7 Å². The Bertz CT molecular complexity index is 2650. The number of nitrogens with one attached hydrogen (secondary N) is 5. The molecule has 0 saturated carbocycles. The van der Waals surface area contributed by atoms with Crippen LogP contribution in [0.2, 0.25) is 0 Å². The van der Waals surface area contributed by atoms with Crippen LogP contribution in [-0.4, -0.2) is 101 Å². The average molecular weight is 953 g/mol. The Morgan fingerprint density at radius 3 is 2.16 bits per heavy atom. The lowest BCUT2D eigenvalue weighted by atomic mass is 10.0. The maximum absolute atomic E-state index is 15.5. The third-order valence-electron chi connectivity index (χ3n) is 12.4. The van der Waals surface area contributed by atoms with Crippen molar-refractivity contribution < 1.29 is 36.8 Å².